The summed E-state index contributed by atoms with van der Waals surface area (Å²) in [5.74, 6) is 0.651. The summed E-state index contributed by atoms with van der Waals surface area (Å²) in [6.45, 7) is 13.2. The monoisotopic (exact) mass is 451 g/mol. The fourth-order valence-corrected chi connectivity index (χ4v) is 2.50. The van der Waals surface area contributed by atoms with Gasteiger partial charge in [0.15, 0.2) is 5.78 Å². The molecule has 3 rings (SSSR count). The van der Waals surface area contributed by atoms with Crippen molar-refractivity contribution in [1.29, 1.82) is 0 Å². The molecule has 3 heteroatoms. The predicted molar refractivity (Wildman–Crippen MR) is 128 cm³/mol. The number of carbonyl (C=O) groups is 1. The van der Waals surface area contributed by atoms with E-state index < -0.39 is 0 Å². The maximum absolute atomic E-state index is 9.69. The number of allylic oxidation sites excluding steroid dienone is 1. The van der Waals surface area contributed by atoms with Crippen molar-refractivity contribution in [1.82, 2.24) is 4.98 Å². The fraction of sp³-hybridized carbons (Fsp3) is 0.231. The Morgan fingerprint density at radius 2 is 1.45 bits per heavy atom. The number of benzene rings is 2. The van der Waals surface area contributed by atoms with Gasteiger partial charge in [0.1, 0.15) is 0 Å². The zero-order valence-electron chi connectivity index (χ0n) is 17.9. The van der Waals surface area contributed by atoms with Gasteiger partial charge in [-0.15, -0.1) is 0 Å². The van der Waals surface area contributed by atoms with E-state index in [9.17, 15) is 4.79 Å². The van der Waals surface area contributed by atoms with Crippen molar-refractivity contribution in [2.45, 2.75) is 40.5 Å². The average molecular weight is 452 g/mol. The van der Waals surface area contributed by atoms with Gasteiger partial charge in [0, 0.05) is 21.9 Å². The van der Waals surface area contributed by atoms with Gasteiger partial charge >= 0.3 is 0 Å². The van der Waals surface area contributed by atoms with Crippen molar-refractivity contribution >= 4 is 21.7 Å². The lowest BCUT2D eigenvalue weighted by molar-refractivity contribution is -0.112. The molecule has 0 unspecified atom stereocenters. The van der Waals surface area contributed by atoms with Crippen LogP contribution >= 0.6 is 15.9 Å². The van der Waals surface area contributed by atoms with Crippen molar-refractivity contribution in [3.05, 3.63) is 101 Å². The lowest BCUT2D eigenvalue weighted by Crippen LogP contribution is -1.84. The van der Waals surface area contributed by atoms with Crippen molar-refractivity contribution in [2.75, 3.05) is 0 Å². The molecule has 0 N–H and O–H groups in total. The van der Waals surface area contributed by atoms with E-state index >= 15 is 0 Å². The van der Waals surface area contributed by atoms with Crippen LogP contribution in [0.5, 0.6) is 0 Å². The molecule has 3 aromatic rings. The summed E-state index contributed by atoms with van der Waals surface area (Å²) in [5.41, 5.74) is 6.14. The summed E-state index contributed by atoms with van der Waals surface area (Å²) in [5, 5.41) is 0. The first-order chi connectivity index (χ1) is 13.7. The number of aryl methyl sites for hydroxylation is 2. The van der Waals surface area contributed by atoms with E-state index in [0.717, 1.165) is 10.2 Å². The van der Waals surface area contributed by atoms with Gasteiger partial charge in [0.25, 0.3) is 0 Å². The van der Waals surface area contributed by atoms with Gasteiger partial charge in [0.2, 0.25) is 0 Å². The molecule has 0 atom stereocenters. The minimum Gasteiger partial charge on any atom is -0.295 e. The molecular weight excluding hydrogens is 422 g/mol. The van der Waals surface area contributed by atoms with Gasteiger partial charge in [-0.2, -0.15) is 0 Å². The first-order valence-electron chi connectivity index (χ1n) is 9.61. The Morgan fingerprint density at radius 1 is 0.931 bits per heavy atom. The molecule has 0 saturated carbocycles. The van der Waals surface area contributed by atoms with E-state index in [-0.39, 0.29) is 5.78 Å². The molecule has 0 aliphatic rings. The smallest absolute Gasteiger partial charge is 0.152 e. The van der Waals surface area contributed by atoms with Crippen LogP contribution in [-0.2, 0) is 4.79 Å². The number of hydrogen-bond acceptors (Lipinski definition) is 2. The molecule has 29 heavy (non-hydrogen) atoms. The number of hydrogen-bond donors (Lipinski definition) is 0. The molecule has 1 aromatic heterocycles. The highest BCUT2D eigenvalue weighted by Gasteiger charge is 1.97. The number of nitrogens with zero attached hydrogens (tertiary/aromatic N) is 1. The van der Waals surface area contributed by atoms with E-state index in [1.54, 1.807) is 0 Å². The summed E-state index contributed by atoms with van der Waals surface area (Å²) in [6.07, 6.45) is 3.19. The van der Waals surface area contributed by atoms with E-state index in [1.165, 1.54) is 35.3 Å². The number of rotatable bonds is 3. The third kappa shape index (κ3) is 10.00. The van der Waals surface area contributed by atoms with Gasteiger partial charge in [-0.05, 0) is 62.1 Å². The number of halogens is 1. The number of carbonyl (C=O) groups excluding carboxylic acids is 1. The Balaban J connectivity index is 0.000000245. The molecule has 0 amide bonds. The first kappa shape index (κ1) is 24.5. The van der Waals surface area contributed by atoms with Crippen molar-refractivity contribution in [3.8, 4) is 11.1 Å². The van der Waals surface area contributed by atoms with Crippen molar-refractivity contribution < 1.29 is 4.79 Å². The topological polar surface area (TPSA) is 30.0 Å². The van der Waals surface area contributed by atoms with E-state index in [4.69, 9.17) is 0 Å². The zero-order chi connectivity index (χ0) is 21.8. The molecule has 2 nitrogen and oxygen atoms in total. The first-order valence-corrected chi connectivity index (χ1v) is 10.4. The van der Waals surface area contributed by atoms with Gasteiger partial charge < -0.3 is 0 Å². The summed E-state index contributed by atoms with van der Waals surface area (Å²) in [7, 11) is 0. The third-order valence-corrected chi connectivity index (χ3v) is 4.65. The second-order valence-electron chi connectivity index (χ2n) is 7.08. The molecule has 0 saturated heterocycles. The van der Waals surface area contributed by atoms with Crippen molar-refractivity contribution in [2.24, 2.45) is 0 Å². The highest BCUT2D eigenvalue weighted by atomic mass is 79.9. The van der Waals surface area contributed by atoms with E-state index in [0.29, 0.717) is 5.92 Å². The molecular formula is C26H30BrNO. The SMILES string of the molecule is C=CC(C)=O.CC(C)c1ccc(Br)cc1.Cc1ccc(-c2ccc(C)nc2)cc1. The summed E-state index contributed by atoms with van der Waals surface area (Å²) in [4.78, 5) is 14.0. The standard InChI is InChI=1S/C13H13N.C9H11Br.C4H6O/c1-10-3-6-12(7-4-10)13-8-5-11(2)14-9-13;1-7(2)8-3-5-9(10)6-4-8;1-3-4(2)5/h3-9H,1-2H3;3-7H,1-2H3;3H,1H2,2H3. The minimum atomic E-state index is 0.0185. The maximum atomic E-state index is 9.69. The fourth-order valence-electron chi connectivity index (χ4n) is 2.23. The number of pyridine rings is 1. The van der Waals surface area contributed by atoms with Gasteiger partial charge in [0.05, 0.1) is 0 Å². The molecule has 0 spiro atoms. The Morgan fingerprint density at radius 3 is 1.86 bits per heavy atom. The molecule has 0 aliphatic heterocycles. The molecule has 1 heterocycles. The maximum Gasteiger partial charge on any atom is 0.152 e. The predicted octanol–water partition coefficient (Wildman–Crippen LogP) is 7.70. The van der Waals surface area contributed by atoms with Gasteiger partial charge in [-0.3, -0.25) is 9.78 Å². The Kier molecular flexibility index (Phi) is 10.9. The largest absolute Gasteiger partial charge is 0.295 e. The van der Waals surface area contributed by atoms with Crippen molar-refractivity contribution in [3.63, 3.8) is 0 Å². The van der Waals surface area contributed by atoms with Crippen LogP contribution in [0.25, 0.3) is 11.1 Å². The highest BCUT2D eigenvalue weighted by molar-refractivity contribution is 9.10. The second kappa shape index (κ2) is 12.8. The van der Waals surface area contributed by atoms with E-state index in [1.807, 2.05) is 19.2 Å². The summed E-state index contributed by atoms with van der Waals surface area (Å²) < 4.78 is 1.15. The Hall–Kier alpha value is -2.52. The summed E-state index contributed by atoms with van der Waals surface area (Å²) in [6, 6.07) is 21.1. The lowest BCUT2D eigenvalue weighted by atomic mass is 10.0. The molecule has 0 aliphatic carbocycles. The Bertz CT molecular complexity index is 836. The average Bonchev–Trinajstić information content (AvgIpc) is 2.70. The van der Waals surface area contributed by atoms with E-state index in [2.05, 4.69) is 103 Å². The minimum absolute atomic E-state index is 0.0185. The number of ketones is 1. The lowest BCUT2D eigenvalue weighted by Gasteiger charge is -2.03. The highest BCUT2D eigenvalue weighted by Crippen LogP contribution is 2.19. The van der Waals surface area contributed by atoms with Crippen LogP contribution in [0.4, 0.5) is 0 Å². The van der Waals surface area contributed by atoms with Gasteiger partial charge in [-0.1, -0.05) is 84.4 Å². The second-order valence-corrected chi connectivity index (χ2v) is 7.99. The van der Waals surface area contributed by atoms with Crippen LogP contribution in [0.15, 0.2) is 84.0 Å². The third-order valence-electron chi connectivity index (χ3n) is 4.12. The van der Waals surface area contributed by atoms with Crippen LogP contribution in [0.3, 0.4) is 0 Å². The zero-order valence-corrected chi connectivity index (χ0v) is 19.5. The molecule has 2 aromatic carbocycles. The molecule has 0 bridgehead atoms. The van der Waals surface area contributed by atoms with Crippen LogP contribution in [-0.4, -0.2) is 10.8 Å². The number of aromatic nitrogens is 1. The van der Waals surface area contributed by atoms with Gasteiger partial charge in [-0.25, -0.2) is 0 Å². The van der Waals surface area contributed by atoms with Crippen LogP contribution in [0, 0.1) is 13.8 Å². The van der Waals surface area contributed by atoms with Crippen LogP contribution in [0.2, 0.25) is 0 Å². The quantitative estimate of drug-likeness (QED) is 0.381. The molecule has 0 fully saturated rings. The normalized spacial score (nSPS) is 9.62. The Labute approximate surface area is 183 Å². The molecule has 0 radical (unpaired) electrons. The van der Waals surface area contributed by atoms with Crippen LogP contribution < -0.4 is 0 Å². The molecule has 152 valence electrons. The summed E-state index contributed by atoms with van der Waals surface area (Å²) >= 11 is 3.39. The van der Waals surface area contributed by atoms with Crippen LogP contribution in [0.1, 0.15) is 43.5 Å².